The third kappa shape index (κ3) is 4.13. The van der Waals surface area contributed by atoms with Crippen molar-refractivity contribution in [3.05, 3.63) is 63.6 Å². The Balaban J connectivity index is 2.12. The number of halogens is 2. The third-order valence-corrected chi connectivity index (χ3v) is 3.63. The number of hydrogen-bond acceptors (Lipinski definition) is 3. The second-order valence-electron chi connectivity index (χ2n) is 4.37. The molecule has 0 amide bonds. The van der Waals surface area contributed by atoms with Gasteiger partial charge in [0.05, 0.1) is 22.2 Å². The summed E-state index contributed by atoms with van der Waals surface area (Å²) in [5.74, 6) is -0.338. The standard InChI is InChI=1S/C16H15Cl2NO2/c1-2-21-16(20)12-5-3-4-6-15(12)19-10-11-7-8-13(17)14(18)9-11/h3-9,19H,2,10H2,1H3. The molecule has 0 aromatic heterocycles. The Morgan fingerprint density at radius 1 is 1.14 bits per heavy atom. The van der Waals surface area contributed by atoms with Crippen molar-refractivity contribution < 1.29 is 9.53 Å². The fourth-order valence-electron chi connectivity index (χ4n) is 1.87. The minimum absolute atomic E-state index is 0.338. The molecule has 0 aliphatic rings. The van der Waals surface area contributed by atoms with Crippen molar-refractivity contribution in [3.8, 4) is 0 Å². The first-order valence-electron chi connectivity index (χ1n) is 6.55. The summed E-state index contributed by atoms with van der Waals surface area (Å²) in [7, 11) is 0. The van der Waals surface area contributed by atoms with Crippen LogP contribution < -0.4 is 5.32 Å². The van der Waals surface area contributed by atoms with Gasteiger partial charge in [0, 0.05) is 12.2 Å². The van der Waals surface area contributed by atoms with Gasteiger partial charge in [0.1, 0.15) is 0 Å². The van der Waals surface area contributed by atoms with Crippen molar-refractivity contribution in [1.29, 1.82) is 0 Å². The molecule has 0 unspecified atom stereocenters. The number of para-hydroxylation sites is 1. The van der Waals surface area contributed by atoms with Gasteiger partial charge in [0.15, 0.2) is 0 Å². The number of esters is 1. The number of carbonyl (C=O) groups is 1. The Kier molecular flexibility index (Phi) is 5.48. The summed E-state index contributed by atoms with van der Waals surface area (Å²) >= 11 is 11.9. The summed E-state index contributed by atoms with van der Waals surface area (Å²) in [5.41, 5.74) is 2.21. The zero-order valence-corrected chi connectivity index (χ0v) is 13.0. The quantitative estimate of drug-likeness (QED) is 0.804. The van der Waals surface area contributed by atoms with Gasteiger partial charge < -0.3 is 10.1 Å². The van der Waals surface area contributed by atoms with Crippen molar-refractivity contribution in [2.45, 2.75) is 13.5 Å². The fraction of sp³-hybridized carbons (Fsp3) is 0.188. The molecule has 0 aliphatic carbocycles. The summed E-state index contributed by atoms with van der Waals surface area (Å²) in [6, 6.07) is 12.7. The first-order valence-corrected chi connectivity index (χ1v) is 7.31. The molecule has 2 aromatic carbocycles. The summed E-state index contributed by atoms with van der Waals surface area (Å²) in [4.78, 5) is 11.9. The second kappa shape index (κ2) is 7.34. The van der Waals surface area contributed by atoms with Gasteiger partial charge in [0.25, 0.3) is 0 Å². The third-order valence-electron chi connectivity index (χ3n) is 2.89. The van der Waals surface area contributed by atoms with Gasteiger partial charge >= 0.3 is 5.97 Å². The van der Waals surface area contributed by atoms with E-state index in [0.29, 0.717) is 28.8 Å². The van der Waals surface area contributed by atoms with E-state index in [1.165, 1.54) is 0 Å². The van der Waals surface area contributed by atoms with Gasteiger partial charge in [0.2, 0.25) is 0 Å². The Hall–Kier alpha value is -1.71. The molecule has 21 heavy (non-hydrogen) atoms. The smallest absolute Gasteiger partial charge is 0.340 e. The van der Waals surface area contributed by atoms with Crippen LogP contribution in [-0.2, 0) is 11.3 Å². The highest BCUT2D eigenvalue weighted by atomic mass is 35.5. The SMILES string of the molecule is CCOC(=O)c1ccccc1NCc1ccc(Cl)c(Cl)c1. The van der Waals surface area contributed by atoms with Crippen molar-refractivity contribution in [2.75, 3.05) is 11.9 Å². The molecule has 1 N–H and O–H groups in total. The lowest BCUT2D eigenvalue weighted by Gasteiger charge is -2.11. The Bertz CT molecular complexity index is 644. The first kappa shape index (κ1) is 15.7. The van der Waals surface area contributed by atoms with Crippen LogP contribution in [0.3, 0.4) is 0 Å². The van der Waals surface area contributed by atoms with E-state index in [1.807, 2.05) is 18.2 Å². The first-order chi connectivity index (χ1) is 10.1. The van der Waals surface area contributed by atoms with Gasteiger partial charge in [-0.25, -0.2) is 4.79 Å². The van der Waals surface area contributed by atoms with Crippen LogP contribution in [0.25, 0.3) is 0 Å². The van der Waals surface area contributed by atoms with E-state index in [1.54, 1.807) is 31.2 Å². The van der Waals surface area contributed by atoms with Crippen LogP contribution in [0.1, 0.15) is 22.8 Å². The fourth-order valence-corrected chi connectivity index (χ4v) is 2.19. The molecule has 0 atom stereocenters. The van der Waals surface area contributed by atoms with E-state index in [0.717, 1.165) is 11.3 Å². The van der Waals surface area contributed by atoms with Gasteiger partial charge in [-0.15, -0.1) is 0 Å². The number of hydrogen-bond donors (Lipinski definition) is 1. The largest absolute Gasteiger partial charge is 0.462 e. The van der Waals surface area contributed by atoms with Crippen LogP contribution in [-0.4, -0.2) is 12.6 Å². The topological polar surface area (TPSA) is 38.3 Å². The molecule has 0 saturated carbocycles. The van der Waals surface area contributed by atoms with Gasteiger partial charge in [-0.1, -0.05) is 41.4 Å². The summed E-state index contributed by atoms with van der Waals surface area (Å²) in [6.07, 6.45) is 0. The Morgan fingerprint density at radius 3 is 2.62 bits per heavy atom. The highest BCUT2D eigenvalue weighted by Crippen LogP contribution is 2.23. The van der Waals surface area contributed by atoms with Crippen LogP contribution in [0.4, 0.5) is 5.69 Å². The number of ether oxygens (including phenoxy) is 1. The molecule has 0 radical (unpaired) electrons. The van der Waals surface area contributed by atoms with Gasteiger partial charge in [-0.2, -0.15) is 0 Å². The van der Waals surface area contributed by atoms with Crippen LogP contribution in [0, 0.1) is 0 Å². The Morgan fingerprint density at radius 2 is 1.90 bits per heavy atom. The highest BCUT2D eigenvalue weighted by Gasteiger charge is 2.11. The minimum atomic E-state index is -0.338. The lowest BCUT2D eigenvalue weighted by atomic mass is 10.1. The van der Waals surface area contributed by atoms with E-state index < -0.39 is 0 Å². The molecule has 2 rings (SSSR count). The second-order valence-corrected chi connectivity index (χ2v) is 5.18. The molecule has 0 saturated heterocycles. The highest BCUT2D eigenvalue weighted by molar-refractivity contribution is 6.42. The normalized spacial score (nSPS) is 10.2. The lowest BCUT2D eigenvalue weighted by molar-refractivity contribution is 0.0527. The summed E-state index contributed by atoms with van der Waals surface area (Å²) in [5, 5.41) is 4.24. The molecule has 0 spiro atoms. The molecule has 0 bridgehead atoms. The monoisotopic (exact) mass is 323 g/mol. The zero-order valence-electron chi connectivity index (χ0n) is 11.5. The number of carbonyl (C=O) groups excluding carboxylic acids is 1. The van der Waals surface area contributed by atoms with Gasteiger partial charge in [-0.05, 0) is 36.8 Å². The van der Waals surface area contributed by atoms with E-state index in [2.05, 4.69) is 5.32 Å². The van der Waals surface area contributed by atoms with E-state index >= 15 is 0 Å². The molecular weight excluding hydrogens is 309 g/mol. The van der Waals surface area contributed by atoms with Crippen LogP contribution in [0.5, 0.6) is 0 Å². The number of benzene rings is 2. The average molecular weight is 324 g/mol. The van der Waals surface area contributed by atoms with Crippen molar-refractivity contribution in [3.63, 3.8) is 0 Å². The maximum absolute atomic E-state index is 11.9. The van der Waals surface area contributed by atoms with Crippen LogP contribution in [0.15, 0.2) is 42.5 Å². The molecule has 2 aromatic rings. The average Bonchev–Trinajstić information content (AvgIpc) is 2.49. The van der Waals surface area contributed by atoms with E-state index in [-0.39, 0.29) is 5.97 Å². The maximum Gasteiger partial charge on any atom is 0.340 e. The molecule has 0 aliphatic heterocycles. The van der Waals surface area contributed by atoms with Gasteiger partial charge in [-0.3, -0.25) is 0 Å². The molecule has 5 heteroatoms. The number of rotatable bonds is 5. The van der Waals surface area contributed by atoms with Crippen molar-refractivity contribution >= 4 is 34.9 Å². The van der Waals surface area contributed by atoms with Crippen LogP contribution >= 0.6 is 23.2 Å². The number of anilines is 1. The molecule has 3 nitrogen and oxygen atoms in total. The van der Waals surface area contributed by atoms with E-state index in [9.17, 15) is 4.79 Å². The van der Waals surface area contributed by atoms with Crippen LogP contribution in [0.2, 0.25) is 10.0 Å². The Labute approximate surface area is 133 Å². The lowest BCUT2D eigenvalue weighted by Crippen LogP contribution is -2.09. The zero-order chi connectivity index (χ0) is 15.2. The van der Waals surface area contributed by atoms with Crippen molar-refractivity contribution in [2.24, 2.45) is 0 Å². The number of nitrogens with one attached hydrogen (secondary N) is 1. The van der Waals surface area contributed by atoms with Crippen molar-refractivity contribution in [1.82, 2.24) is 0 Å². The summed E-state index contributed by atoms with van der Waals surface area (Å²) < 4.78 is 5.04. The predicted octanol–water partition coefficient (Wildman–Crippen LogP) is 4.78. The molecule has 110 valence electrons. The minimum Gasteiger partial charge on any atom is -0.462 e. The molecule has 0 heterocycles. The maximum atomic E-state index is 11.9. The predicted molar refractivity (Wildman–Crippen MR) is 86.2 cm³/mol. The van der Waals surface area contributed by atoms with E-state index in [4.69, 9.17) is 27.9 Å². The summed E-state index contributed by atoms with van der Waals surface area (Å²) in [6.45, 7) is 2.66. The molecular formula is C16H15Cl2NO2. The molecule has 0 fully saturated rings.